The van der Waals surface area contributed by atoms with Crippen molar-refractivity contribution in [1.82, 2.24) is 5.32 Å². The van der Waals surface area contributed by atoms with Crippen LogP contribution in [0.1, 0.15) is 36.7 Å². The predicted octanol–water partition coefficient (Wildman–Crippen LogP) is 3.15. The maximum absolute atomic E-state index is 11.5. The van der Waals surface area contributed by atoms with E-state index in [1.807, 2.05) is 0 Å². The molecule has 0 spiro atoms. The van der Waals surface area contributed by atoms with Gasteiger partial charge in [0.05, 0.1) is 17.7 Å². The van der Waals surface area contributed by atoms with Gasteiger partial charge in [0.1, 0.15) is 5.60 Å². The summed E-state index contributed by atoms with van der Waals surface area (Å²) in [6, 6.07) is 4.85. The summed E-state index contributed by atoms with van der Waals surface area (Å²) in [5, 5.41) is 2.89. The largest absolute Gasteiger partial charge is 0.465 e. The molecule has 0 atom stereocenters. The number of carbonyl (C=O) groups is 2. The molecule has 5 nitrogen and oxygen atoms in total. The number of esters is 1. The highest BCUT2D eigenvalue weighted by Crippen LogP contribution is 2.19. The molecule has 0 saturated carbocycles. The summed E-state index contributed by atoms with van der Waals surface area (Å²) in [4.78, 5) is 22.9. The van der Waals surface area contributed by atoms with Crippen molar-refractivity contribution in [2.24, 2.45) is 0 Å². The molecule has 0 aliphatic rings. The second kappa shape index (κ2) is 6.61. The highest BCUT2D eigenvalue weighted by atomic mass is 35.5. The molecular formula is C14H18ClNO4. The van der Waals surface area contributed by atoms with E-state index >= 15 is 0 Å². The molecule has 1 rings (SSSR count). The summed E-state index contributed by atoms with van der Waals surface area (Å²) >= 11 is 5.98. The van der Waals surface area contributed by atoms with Crippen molar-refractivity contribution in [3.05, 3.63) is 34.3 Å². The van der Waals surface area contributed by atoms with Gasteiger partial charge >= 0.3 is 12.1 Å². The summed E-state index contributed by atoms with van der Waals surface area (Å²) in [5.41, 5.74) is 0.500. The minimum Gasteiger partial charge on any atom is -0.465 e. The molecule has 0 aromatic heterocycles. The van der Waals surface area contributed by atoms with Gasteiger partial charge < -0.3 is 14.8 Å². The third-order valence-electron chi connectivity index (χ3n) is 2.27. The van der Waals surface area contributed by atoms with Gasteiger partial charge in [0.25, 0.3) is 0 Å². The van der Waals surface area contributed by atoms with E-state index in [2.05, 4.69) is 10.1 Å². The van der Waals surface area contributed by atoms with Crippen LogP contribution in [0, 0.1) is 0 Å². The monoisotopic (exact) mass is 299 g/mol. The summed E-state index contributed by atoms with van der Waals surface area (Å²) in [6.45, 7) is 5.62. The fourth-order valence-electron chi connectivity index (χ4n) is 1.43. The van der Waals surface area contributed by atoms with Crippen LogP contribution in [0.4, 0.5) is 4.79 Å². The topological polar surface area (TPSA) is 64.6 Å². The van der Waals surface area contributed by atoms with E-state index in [-0.39, 0.29) is 17.1 Å². The van der Waals surface area contributed by atoms with Crippen LogP contribution in [-0.4, -0.2) is 24.8 Å². The Kier molecular flexibility index (Phi) is 5.39. The van der Waals surface area contributed by atoms with Crippen molar-refractivity contribution in [3.8, 4) is 0 Å². The maximum atomic E-state index is 11.5. The summed E-state index contributed by atoms with van der Waals surface area (Å²) in [5.74, 6) is -0.498. The zero-order chi connectivity index (χ0) is 15.3. The molecule has 0 bridgehead atoms. The lowest BCUT2D eigenvalue weighted by Gasteiger charge is -2.19. The molecule has 1 N–H and O–H groups in total. The van der Waals surface area contributed by atoms with Gasteiger partial charge in [0, 0.05) is 6.54 Å². The van der Waals surface area contributed by atoms with E-state index in [9.17, 15) is 9.59 Å². The second-order valence-electron chi connectivity index (χ2n) is 5.16. The van der Waals surface area contributed by atoms with Crippen LogP contribution in [0.15, 0.2) is 18.2 Å². The van der Waals surface area contributed by atoms with Crippen LogP contribution in [-0.2, 0) is 16.0 Å². The molecule has 0 radical (unpaired) electrons. The van der Waals surface area contributed by atoms with Crippen LogP contribution < -0.4 is 5.32 Å². The summed E-state index contributed by atoms with van der Waals surface area (Å²) in [6.07, 6.45) is -0.509. The minimum atomic E-state index is -0.545. The third kappa shape index (κ3) is 5.09. The summed E-state index contributed by atoms with van der Waals surface area (Å²) in [7, 11) is 1.29. The molecular weight excluding hydrogens is 282 g/mol. The number of alkyl carbamates (subject to hydrolysis) is 1. The number of amides is 1. The number of hydrogen-bond donors (Lipinski definition) is 1. The Morgan fingerprint density at radius 1 is 1.30 bits per heavy atom. The summed E-state index contributed by atoms with van der Waals surface area (Å²) < 4.78 is 9.71. The van der Waals surface area contributed by atoms with E-state index in [1.54, 1.807) is 39.0 Å². The molecule has 0 aliphatic carbocycles. The molecule has 6 heteroatoms. The molecule has 0 saturated heterocycles. The van der Waals surface area contributed by atoms with Gasteiger partial charge in [0.15, 0.2) is 0 Å². The SMILES string of the molecule is COC(=O)c1ccc(CNC(=O)OC(C)(C)C)cc1Cl. The van der Waals surface area contributed by atoms with Gasteiger partial charge in [-0.2, -0.15) is 0 Å². The maximum Gasteiger partial charge on any atom is 0.407 e. The number of carbonyl (C=O) groups excluding carboxylic acids is 2. The highest BCUT2D eigenvalue weighted by molar-refractivity contribution is 6.33. The molecule has 1 aromatic rings. The normalized spacial score (nSPS) is 10.8. The number of nitrogens with one attached hydrogen (secondary N) is 1. The molecule has 1 amide bonds. The first-order valence-corrected chi connectivity index (χ1v) is 6.44. The average Bonchev–Trinajstić information content (AvgIpc) is 2.33. The van der Waals surface area contributed by atoms with Crippen LogP contribution in [0.2, 0.25) is 5.02 Å². The van der Waals surface area contributed by atoms with Crippen LogP contribution >= 0.6 is 11.6 Å². The van der Waals surface area contributed by atoms with Crippen molar-refractivity contribution >= 4 is 23.7 Å². The smallest absolute Gasteiger partial charge is 0.407 e. The van der Waals surface area contributed by atoms with Crippen molar-refractivity contribution in [3.63, 3.8) is 0 Å². The lowest BCUT2D eigenvalue weighted by atomic mass is 10.1. The first kappa shape index (κ1) is 16.3. The number of ether oxygens (including phenoxy) is 2. The molecule has 0 aliphatic heterocycles. The molecule has 0 fully saturated rings. The zero-order valence-corrected chi connectivity index (χ0v) is 12.7. The predicted molar refractivity (Wildman–Crippen MR) is 75.9 cm³/mol. The Morgan fingerprint density at radius 2 is 1.95 bits per heavy atom. The lowest BCUT2D eigenvalue weighted by molar-refractivity contribution is 0.0522. The second-order valence-corrected chi connectivity index (χ2v) is 5.57. The van der Waals surface area contributed by atoms with Crippen LogP contribution in [0.25, 0.3) is 0 Å². The fraction of sp³-hybridized carbons (Fsp3) is 0.429. The standard InChI is InChI=1S/C14H18ClNO4/c1-14(2,3)20-13(18)16-8-9-5-6-10(11(15)7-9)12(17)19-4/h5-7H,8H2,1-4H3,(H,16,18). The van der Waals surface area contributed by atoms with Crippen molar-refractivity contribution in [2.45, 2.75) is 32.9 Å². The number of halogens is 1. The van der Waals surface area contributed by atoms with E-state index in [0.717, 1.165) is 5.56 Å². The number of benzene rings is 1. The fourth-order valence-corrected chi connectivity index (χ4v) is 1.71. The lowest BCUT2D eigenvalue weighted by Crippen LogP contribution is -2.32. The molecule has 0 unspecified atom stereocenters. The Labute approximate surface area is 123 Å². The van der Waals surface area contributed by atoms with E-state index in [1.165, 1.54) is 7.11 Å². The quantitative estimate of drug-likeness (QED) is 0.871. The van der Waals surface area contributed by atoms with Crippen LogP contribution in [0.5, 0.6) is 0 Å². The Morgan fingerprint density at radius 3 is 2.45 bits per heavy atom. The number of methoxy groups -OCH3 is 1. The van der Waals surface area contributed by atoms with Gasteiger partial charge in [-0.1, -0.05) is 17.7 Å². The van der Waals surface area contributed by atoms with E-state index < -0.39 is 17.7 Å². The van der Waals surface area contributed by atoms with Crippen molar-refractivity contribution in [1.29, 1.82) is 0 Å². The molecule has 110 valence electrons. The minimum absolute atomic E-state index is 0.260. The first-order chi connectivity index (χ1) is 9.23. The van der Waals surface area contributed by atoms with Gasteiger partial charge in [-0.25, -0.2) is 9.59 Å². The highest BCUT2D eigenvalue weighted by Gasteiger charge is 2.16. The molecule has 0 heterocycles. The molecule has 1 aromatic carbocycles. The van der Waals surface area contributed by atoms with Gasteiger partial charge in [-0.15, -0.1) is 0 Å². The Hall–Kier alpha value is -1.75. The van der Waals surface area contributed by atoms with Gasteiger partial charge in [-0.05, 0) is 38.5 Å². The Bertz CT molecular complexity index is 508. The average molecular weight is 300 g/mol. The van der Waals surface area contributed by atoms with E-state index in [4.69, 9.17) is 16.3 Å². The van der Waals surface area contributed by atoms with E-state index in [0.29, 0.717) is 0 Å². The number of hydrogen-bond acceptors (Lipinski definition) is 4. The Balaban J connectivity index is 2.64. The van der Waals surface area contributed by atoms with Crippen LogP contribution in [0.3, 0.4) is 0 Å². The van der Waals surface area contributed by atoms with Crippen molar-refractivity contribution in [2.75, 3.05) is 7.11 Å². The third-order valence-corrected chi connectivity index (χ3v) is 2.59. The first-order valence-electron chi connectivity index (χ1n) is 6.06. The van der Waals surface area contributed by atoms with Crippen molar-refractivity contribution < 1.29 is 19.1 Å². The van der Waals surface area contributed by atoms with Gasteiger partial charge in [0.2, 0.25) is 0 Å². The zero-order valence-electron chi connectivity index (χ0n) is 12.0. The van der Waals surface area contributed by atoms with Gasteiger partial charge in [-0.3, -0.25) is 0 Å². The number of rotatable bonds is 3. The molecule has 20 heavy (non-hydrogen) atoms.